The third-order valence-corrected chi connectivity index (χ3v) is 5.67. The minimum atomic E-state index is 0.609. The molecule has 1 aromatic heterocycles. The van der Waals surface area contributed by atoms with Crippen molar-refractivity contribution < 1.29 is 0 Å². The van der Waals surface area contributed by atoms with Gasteiger partial charge in [-0.25, -0.2) is 4.68 Å². The van der Waals surface area contributed by atoms with E-state index in [1.54, 1.807) is 11.3 Å². The summed E-state index contributed by atoms with van der Waals surface area (Å²) >= 11 is 5.26. The topological polar surface area (TPSA) is 29.6 Å². The average Bonchev–Trinajstić information content (AvgIpc) is 2.97. The van der Waals surface area contributed by atoms with Crippen LogP contribution in [0.15, 0.2) is 44.2 Å². The number of nitrogens with zero attached hydrogens (tertiary/aromatic N) is 3. The molecule has 1 aliphatic rings. The molecule has 0 aliphatic heterocycles. The standard InChI is InChI=1S/C17H20BrN3S/c1-19-17-21(20-11-13-7-3-2-4-8-13)16(12-22-17)14-9-5-6-10-15(14)18/h5-6,9-13H,2-4,7-8H2,1H3. The number of halogens is 1. The van der Waals surface area contributed by atoms with E-state index in [0.717, 1.165) is 20.5 Å². The van der Waals surface area contributed by atoms with Crippen molar-refractivity contribution in [2.45, 2.75) is 32.1 Å². The largest absolute Gasteiger partial charge is 0.261 e. The lowest BCUT2D eigenvalue weighted by atomic mass is 9.90. The first-order valence-corrected chi connectivity index (χ1v) is 9.39. The lowest BCUT2D eigenvalue weighted by Crippen LogP contribution is -2.14. The number of thiazole rings is 1. The van der Waals surface area contributed by atoms with Gasteiger partial charge in [0.05, 0.1) is 5.69 Å². The summed E-state index contributed by atoms with van der Waals surface area (Å²) in [7, 11) is 1.82. The predicted molar refractivity (Wildman–Crippen MR) is 97.4 cm³/mol. The first-order chi connectivity index (χ1) is 10.8. The zero-order valence-corrected chi connectivity index (χ0v) is 15.1. The van der Waals surface area contributed by atoms with Crippen molar-refractivity contribution in [3.63, 3.8) is 0 Å². The molecular weight excluding hydrogens is 358 g/mol. The second kappa shape index (κ2) is 7.38. The highest BCUT2D eigenvalue weighted by Gasteiger charge is 2.13. The van der Waals surface area contributed by atoms with Gasteiger partial charge >= 0.3 is 0 Å². The van der Waals surface area contributed by atoms with Gasteiger partial charge in [-0.15, -0.1) is 11.3 Å². The van der Waals surface area contributed by atoms with Crippen LogP contribution in [0.5, 0.6) is 0 Å². The fourth-order valence-electron chi connectivity index (χ4n) is 2.86. The molecule has 3 rings (SSSR count). The number of hydrogen-bond donors (Lipinski definition) is 0. The molecule has 0 atom stereocenters. The van der Waals surface area contributed by atoms with Gasteiger partial charge < -0.3 is 0 Å². The van der Waals surface area contributed by atoms with E-state index in [9.17, 15) is 0 Å². The van der Waals surface area contributed by atoms with Crippen LogP contribution in [0.4, 0.5) is 0 Å². The van der Waals surface area contributed by atoms with E-state index in [-0.39, 0.29) is 0 Å². The predicted octanol–water partition coefficient (Wildman–Crippen LogP) is 4.92. The molecule has 5 heteroatoms. The molecule has 0 unspecified atom stereocenters. The van der Waals surface area contributed by atoms with Crippen LogP contribution >= 0.6 is 27.3 Å². The lowest BCUT2D eigenvalue weighted by molar-refractivity contribution is 0.443. The Balaban J connectivity index is 1.98. The molecule has 1 aliphatic carbocycles. The summed E-state index contributed by atoms with van der Waals surface area (Å²) in [5.41, 5.74) is 2.24. The van der Waals surface area contributed by atoms with Crippen LogP contribution in [0, 0.1) is 5.92 Å². The van der Waals surface area contributed by atoms with Crippen molar-refractivity contribution in [3.05, 3.63) is 38.9 Å². The van der Waals surface area contributed by atoms with Gasteiger partial charge in [-0.05, 0) is 24.8 Å². The Morgan fingerprint density at radius 1 is 1.23 bits per heavy atom. The van der Waals surface area contributed by atoms with E-state index in [0.29, 0.717) is 5.92 Å². The Kier molecular flexibility index (Phi) is 5.26. The van der Waals surface area contributed by atoms with Crippen LogP contribution in [-0.4, -0.2) is 17.9 Å². The maximum Gasteiger partial charge on any atom is 0.205 e. The van der Waals surface area contributed by atoms with E-state index in [2.05, 4.69) is 50.7 Å². The molecule has 0 N–H and O–H groups in total. The molecule has 1 aromatic carbocycles. The van der Waals surface area contributed by atoms with Crippen LogP contribution in [0.3, 0.4) is 0 Å². The summed E-state index contributed by atoms with van der Waals surface area (Å²) in [4.78, 5) is 5.29. The average molecular weight is 378 g/mol. The minimum absolute atomic E-state index is 0.609. The van der Waals surface area contributed by atoms with Crippen molar-refractivity contribution in [1.29, 1.82) is 0 Å². The van der Waals surface area contributed by atoms with Crippen molar-refractivity contribution in [2.75, 3.05) is 7.05 Å². The van der Waals surface area contributed by atoms with E-state index in [1.165, 1.54) is 32.1 Å². The molecule has 0 spiro atoms. The van der Waals surface area contributed by atoms with Gasteiger partial charge in [0.25, 0.3) is 0 Å². The van der Waals surface area contributed by atoms with Gasteiger partial charge in [0, 0.05) is 28.7 Å². The zero-order chi connectivity index (χ0) is 15.4. The highest BCUT2D eigenvalue weighted by Crippen LogP contribution is 2.28. The Morgan fingerprint density at radius 3 is 2.73 bits per heavy atom. The SMILES string of the molecule is CN=c1scc(-c2ccccc2Br)n1N=CC1CCCCC1. The van der Waals surface area contributed by atoms with Gasteiger partial charge in [-0.1, -0.05) is 53.4 Å². The molecule has 22 heavy (non-hydrogen) atoms. The molecule has 116 valence electrons. The van der Waals surface area contributed by atoms with Gasteiger partial charge in [-0.2, -0.15) is 5.10 Å². The molecular formula is C17H20BrN3S. The Morgan fingerprint density at radius 2 is 2.00 bits per heavy atom. The first kappa shape index (κ1) is 15.7. The fourth-order valence-corrected chi connectivity index (χ4v) is 4.14. The van der Waals surface area contributed by atoms with Gasteiger partial charge in [0.15, 0.2) is 0 Å². The fraction of sp³-hybridized carbons (Fsp3) is 0.412. The molecule has 1 saturated carbocycles. The van der Waals surface area contributed by atoms with Gasteiger partial charge in [0.1, 0.15) is 0 Å². The number of hydrogen-bond acceptors (Lipinski definition) is 3. The number of benzene rings is 1. The van der Waals surface area contributed by atoms with E-state index < -0.39 is 0 Å². The van der Waals surface area contributed by atoms with Gasteiger partial charge in [-0.3, -0.25) is 4.99 Å². The quantitative estimate of drug-likeness (QED) is 0.679. The van der Waals surface area contributed by atoms with Crippen molar-refractivity contribution >= 4 is 33.5 Å². The Hall–Kier alpha value is -1.20. The van der Waals surface area contributed by atoms with Crippen molar-refractivity contribution in [2.24, 2.45) is 16.0 Å². The minimum Gasteiger partial charge on any atom is -0.261 e. The van der Waals surface area contributed by atoms with E-state index >= 15 is 0 Å². The molecule has 2 aromatic rings. The van der Waals surface area contributed by atoms with Crippen LogP contribution in [0.25, 0.3) is 11.3 Å². The van der Waals surface area contributed by atoms with Crippen LogP contribution in [0.2, 0.25) is 0 Å². The summed E-state index contributed by atoms with van der Waals surface area (Å²) in [6, 6.07) is 8.25. The third kappa shape index (κ3) is 3.41. The molecule has 1 heterocycles. The molecule has 0 radical (unpaired) electrons. The number of aromatic nitrogens is 1. The van der Waals surface area contributed by atoms with Gasteiger partial charge in [0.2, 0.25) is 4.80 Å². The summed E-state index contributed by atoms with van der Waals surface area (Å²) < 4.78 is 3.05. The summed E-state index contributed by atoms with van der Waals surface area (Å²) in [5, 5.41) is 6.89. The summed E-state index contributed by atoms with van der Waals surface area (Å²) in [6.45, 7) is 0. The molecule has 3 nitrogen and oxygen atoms in total. The Labute approximate surface area is 143 Å². The van der Waals surface area contributed by atoms with E-state index in [1.807, 2.05) is 17.8 Å². The lowest BCUT2D eigenvalue weighted by Gasteiger charge is -2.17. The van der Waals surface area contributed by atoms with Crippen molar-refractivity contribution in [1.82, 2.24) is 4.68 Å². The van der Waals surface area contributed by atoms with Crippen molar-refractivity contribution in [3.8, 4) is 11.3 Å². The van der Waals surface area contributed by atoms with Crippen LogP contribution in [-0.2, 0) is 0 Å². The second-order valence-electron chi connectivity index (χ2n) is 5.58. The highest BCUT2D eigenvalue weighted by molar-refractivity contribution is 9.10. The summed E-state index contributed by atoms with van der Waals surface area (Å²) in [6.07, 6.45) is 8.67. The smallest absolute Gasteiger partial charge is 0.205 e. The normalized spacial score (nSPS) is 17.5. The second-order valence-corrected chi connectivity index (χ2v) is 7.27. The first-order valence-electron chi connectivity index (χ1n) is 7.72. The molecule has 0 saturated heterocycles. The molecule has 0 amide bonds. The maximum absolute atomic E-state index is 4.77. The zero-order valence-electron chi connectivity index (χ0n) is 12.7. The Bertz CT molecular complexity index is 724. The van der Waals surface area contributed by atoms with Crippen LogP contribution in [0.1, 0.15) is 32.1 Å². The van der Waals surface area contributed by atoms with Crippen LogP contribution < -0.4 is 4.80 Å². The maximum atomic E-state index is 4.77. The van der Waals surface area contributed by atoms with E-state index in [4.69, 9.17) is 5.10 Å². The molecule has 0 bridgehead atoms. The molecule has 1 fully saturated rings. The number of rotatable bonds is 3. The highest BCUT2D eigenvalue weighted by atomic mass is 79.9. The monoisotopic (exact) mass is 377 g/mol. The summed E-state index contributed by atoms with van der Waals surface area (Å²) in [5.74, 6) is 0.609. The third-order valence-electron chi connectivity index (χ3n) is 4.07.